The first-order chi connectivity index (χ1) is 12.4. The number of nitrogens with two attached hydrogens (primary N) is 1. The Morgan fingerprint density at radius 3 is 2.54 bits per heavy atom. The molecule has 0 bridgehead atoms. The van der Waals surface area contributed by atoms with Gasteiger partial charge in [-0.2, -0.15) is 9.40 Å². The summed E-state index contributed by atoms with van der Waals surface area (Å²) in [5.41, 5.74) is 7.95. The van der Waals surface area contributed by atoms with Gasteiger partial charge >= 0.3 is 0 Å². The van der Waals surface area contributed by atoms with Gasteiger partial charge in [-0.1, -0.05) is 43.2 Å². The molecule has 2 aromatic rings. The molecule has 4 rings (SSSR count). The van der Waals surface area contributed by atoms with Gasteiger partial charge in [0, 0.05) is 12.1 Å². The number of hydrogen-bond acceptors (Lipinski definition) is 4. The maximum absolute atomic E-state index is 12.8. The lowest BCUT2D eigenvalue weighted by Gasteiger charge is -2.24. The molecule has 0 radical (unpaired) electrons. The fraction of sp³-hybridized carbons (Fsp3) is 0.444. The topological polar surface area (TPSA) is 109 Å². The van der Waals surface area contributed by atoms with E-state index in [1.807, 2.05) is 18.2 Å². The van der Waals surface area contributed by atoms with Crippen molar-refractivity contribution in [1.29, 1.82) is 0 Å². The van der Waals surface area contributed by atoms with Gasteiger partial charge in [-0.15, -0.1) is 0 Å². The van der Waals surface area contributed by atoms with Gasteiger partial charge < -0.3 is 5.73 Å². The molecule has 0 saturated heterocycles. The van der Waals surface area contributed by atoms with Crippen LogP contribution in [0.4, 0.5) is 0 Å². The van der Waals surface area contributed by atoms with Crippen LogP contribution in [0.25, 0.3) is 0 Å². The lowest BCUT2D eigenvalue weighted by atomic mass is 9.80. The first kappa shape index (κ1) is 17.2. The second-order valence-corrected chi connectivity index (χ2v) is 9.16. The van der Waals surface area contributed by atoms with Crippen LogP contribution in [0.15, 0.2) is 30.3 Å². The molecule has 138 valence electrons. The number of benzene rings is 1. The van der Waals surface area contributed by atoms with Gasteiger partial charge in [-0.25, -0.2) is 8.42 Å². The van der Waals surface area contributed by atoms with Crippen LogP contribution in [-0.2, 0) is 39.1 Å². The van der Waals surface area contributed by atoms with E-state index in [1.54, 1.807) is 12.1 Å². The smallest absolute Gasteiger partial charge is 0.229 e. The molecule has 0 spiro atoms. The molecule has 2 heterocycles. The average molecular weight is 374 g/mol. The number of carbonyl (C=O) groups excluding carboxylic acids is 1. The van der Waals surface area contributed by atoms with Crippen LogP contribution in [0.5, 0.6) is 0 Å². The second-order valence-electron chi connectivity index (χ2n) is 7.19. The highest BCUT2D eigenvalue weighted by atomic mass is 32.2. The molecule has 0 unspecified atom stereocenters. The number of nitrogens with one attached hydrogen (secondary N) is 1. The molecular formula is C18H22N4O3S. The molecule has 8 heteroatoms. The van der Waals surface area contributed by atoms with Crippen molar-refractivity contribution in [3.8, 4) is 0 Å². The number of sulfonamides is 1. The number of aromatic nitrogens is 2. The summed E-state index contributed by atoms with van der Waals surface area (Å²) in [6.45, 7) is 0.498. The van der Waals surface area contributed by atoms with E-state index in [0.717, 1.165) is 29.7 Å². The van der Waals surface area contributed by atoms with Crippen molar-refractivity contribution in [2.45, 2.75) is 49.9 Å². The van der Waals surface area contributed by atoms with Gasteiger partial charge in [0.25, 0.3) is 0 Å². The predicted molar refractivity (Wildman–Crippen MR) is 96.2 cm³/mol. The second kappa shape index (κ2) is 6.21. The van der Waals surface area contributed by atoms with Gasteiger partial charge in [0.05, 0.1) is 29.1 Å². The van der Waals surface area contributed by atoms with Crippen LogP contribution in [0.3, 0.4) is 0 Å². The molecule has 1 aliphatic carbocycles. The first-order valence-electron chi connectivity index (χ1n) is 8.81. The summed E-state index contributed by atoms with van der Waals surface area (Å²) in [6.07, 6.45) is 3.22. The zero-order valence-electron chi connectivity index (χ0n) is 14.4. The molecule has 7 nitrogen and oxygen atoms in total. The fourth-order valence-corrected chi connectivity index (χ4v) is 5.61. The molecule has 2 aliphatic rings. The van der Waals surface area contributed by atoms with Crippen molar-refractivity contribution in [2.75, 3.05) is 0 Å². The Morgan fingerprint density at radius 2 is 1.88 bits per heavy atom. The van der Waals surface area contributed by atoms with Crippen molar-refractivity contribution < 1.29 is 13.2 Å². The number of aromatic amines is 1. The number of primary amides is 1. The Balaban J connectivity index is 1.61. The number of nitrogens with zero attached hydrogens (tertiary/aromatic N) is 2. The quantitative estimate of drug-likeness (QED) is 0.827. The zero-order valence-corrected chi connectivity index (χ0v) is 15.3. The molecule has 1 aromatic heterocycles. The summed E-state index contributed by atoms with van der Waals surface area (Å²) in [6, 6.07) is 9.13. The summed E-state index contributed by atoms with van der Waals surface area (Å²) in [5.74, 6) is -0.406. The minimum atomic E-state index is -3.46. The lowest BCUT2D eigenvalue weighted by molar-refractivity contribution is -0.123. The molecule has 1 aromatic carbocycles. The molecule has 1 saturated carbocycles. The monoisotopic (exact) mass is 374 g/mol. The highest BCUT2D eigenvalue weighted by Crippen LogP contribution is 2.43. The Morgan fingerprint density at radius 1 is 1.19 bits per heavy atom. The SMILES string of the molecule is NC(=O)C1(c2n[nH]c3c2CN(S(=O)(=O)Cc2ccccc2)C3)CCCC1. The largest absolute Gasteiger partial charge is 0.369 e. The summed E-state index contributed by atoms with van der Waals surface area (Å²) in [7, 11) is -3.46. The van der Waals surface area contributed by atoms with Crippen molar-refractivity contribution >= 4 is 15.9 Å². The summed E-state index contributed by atoms with van der Waals surface area (Å²) >= 11 is 0. The van der Waals surface area contributed by atoms with E-state index in [1.165, 1.54) is 4.31 Å². The Kier molecular flexibility index (Phi) is 4.11. The molecule has 3 N–H and O–H groups in total. The summed E-state index contributed by atoms with van der Waals surface area (Å²) < 4.78 is 27.1. The van der Waals surface area contributed by atoms with E-state index < -0.39 is 15.4 Å². The third kappa shape index (κ3) is 2.73. The predicted octanol–water partition coefficient (Wildman–Crippen LogP) is 1.55. The highest BCUT2D eigenvalue weighted by Gasteiger charge is 2.47. The molecule has 26 heavy (non-hydrogen) atoms. The van der Waals surface area contributed by atoms with Crippen molar-refractivity contribution in [3.05, 3.63) is 52.8 Å². The van der Waals surface area contributed by atoms with Crippen molar-refractivity contribution in [2.24, 2.45) is 5.73 Å². The molecule has 1 aliphatic heterocycles. The molecule has 0 atom stereocenters. The van der Waals surface area contributed by atoms with Gasteiger partial charge in [0.15, 0.2) is 0 Å². The normalized spacial score (nSPS) is 19.5. The zero-order chi connectivity index (χ0) is 18.4. The number of hydrogen-bond donors (Lipinski definition) is 2. The van der Waals surface area contributed by atoms with Crippen molar-refractivity contribution in [3.63, 3.8) is 0 Å². The minimum absolute atomic E-state index is 0.0398. The highest BCUT2D eigenvalue weighted by molar-refractivity contribution is 7.88. The van der Waals surface area contributed by atoms with Gasteiger partial charge in [-0.3, -0.25) is 9.89 Å². The van der Waals surface area contributed by atoms with E-state index in [-0.39, 0.29) is 24.7 Å². The van der Waals surface area contributed by atoms with Gasteiger partial charge in [0.1, 0.15) is 0 Å². The number of fused-ring (bicyclic) bond motifs is 1. The van der Waals surface area contributed by atoms with Crippen molar-refractivity contribution in [1.82, 2.24) is 14.5 Å². The van der Waals surface area contributed by atoms with Crippen LogP contribution in [0.2, 0.25) is 0 Å². The number of H-pyrrole nitrogens is 1. The summed E-state index contributed by atoms with van der Waals surface area (Å²) in [5, 5.41) is 7.31. The fourth-order valence-electron chi connectivity index (χ4n) is 4.16. The molecule has 1 amide bonds. The minimum Gasteiger partial charge on any atom is -0.369 e. The maximum atomic E-state index is 12.8. The van der Waals surface area contributed by atoms with Gasteiger partial charge in [0.2, 0.25) is 15.9 Å². The standard InChI is InChI=1S/C18H22N4O3S/c19-17(23)18(8-4-5-9-18)16-14-10-22(11-15(14)20-21-16)26(24,25)12-13-6-2-1-3-7-13/h1-3,6-7H,4-5,8-12H2,(H2,19,23)(H,20,21). The Hall–Kier alpha value is -2.19. The van der Waals surface area contributed by atoms with Crippen LogP contribution in [0.1, 0.15) is 48.2 Å². The van der Waals surface area contributed by atoms with Gasteiger partial charge in [-0.05, 0) is 18.4 Å². The Labute approximate surface area is 152 Å². The number of carbonyl (C=O) groups is 1. The number of amides is 1. The van der Waals surface area contributed by atoms with E-state index in [0.29, 0.717) is 18.5 Å². The summed E-state index contributed by atoms with van der Waals surface area (Å²) in [4.78, 5) is 12.2. The third-order valence-electron chi connectivity index (χ3n) is 5.59. The van der Waals surface area contributed by atoms with Crippen LogP contribution in [-0.4, -0.2) is 28.8 Å². The molecular weight excluding hydrogens is 352 g/mol. The third-order valence-corrected chi connectivity index (χ3v) is 7.33. The average Bonchev–Trinajstić information content (AvgIpc) is 3.31. The number of rotatable bonds is 5. The van der Waals surface area contributed by atoms with E-state index in [9.17, 15) is 13.2 Å². The maximum Gasteiger partial charge on any atom is 0.229 e. The van der Waals surface area contributed by atoms with Crippen LogP contribution < -0.4 is 5.73 Å². The van der Waals surface area contributed by atoms with E-state index in [4.69, 9.17) is 5.73 Å². The molecule has 1 fully saturated rings. The van der Waals surface area contributed by atoms with Crippen LogP contribution >= 0.6 is 0 Å². The lowest BCUT2D eigenvalue weighted by Crippen LogP contribution is -2.40. The van der Waals surface area contributed by atoms with Crippen LogP contribution in [0, 0.1) is 0 Å². The first-order valence-corrected chi connectivity index (χ1v) is 10.4. The van der Waals surface area contributed by atoms with E-state index in [2.05, 4.69) is 10.2 Å². The Bertz CT molecular complexity index is 931. The van der Waals surface area contributed by atoms with E-state index >= 15 is 0 Å².